The van der Waals surface area contributed by atoms with Crippen LogP contribution in [0, 0.1) is 5.92 Å². The molecule has 0 unspecified atom stereocenters. The summed E-state index contributed by atoms with van der Waals surface area (Å²) in [6.45, 7) is 0.401. The van der Waals surface area contributed by atoms with Gasteiger partial charge in [0.2, 0.25) is 0 Å². The molecule has 0 aliphatic heterocycles. The number of benzene rings is 2. The van der Waals surface area contributed by atoms with E-state index >= 15 is 0 Å². The fourth-order valence-electron chi connectivity index (χ4n) is 2.42. The number of rotatable bonds is 7. The first-order valence-corrected chi connectivity index (χ1v) is 8.72. The number of ketones is 1. The van der Waals surface area contributed by atoms with Gasteiger partial charge < -0.3 is 9.47 Å². The van der Waals surface area contributed by atoms with E-state index < -0.39 is 0 Å². The topological polar surface area (TPSA) is 35.5 Å². The van der Waals surface area contributed by atoms with Crippen molar-refractivity contribution >= 4 is 27.8 Å². The Bertz CT molecular complexity index is 763. The van der Waals surface area contributed by atoms with Crippen LogP contribution >= 0.6 is 15.9 Å². The van der Waals surface area contributed by atoms with Crippen LogP contribution in [0.15, 0.2) is 53.0 Å². The van der Waals surface area contributed by atoms with Crippen LogP contribution in [0.25, 0.3) is 6.08 Å². The molecule has 1 fully saturated rings. The molecule has 1 aliphatic carbocycles. The third-order valence-electron chi connectivity index (χ3n) is 3.91. The molecule has 3 rings (SSSR count). The normalized spacial score (nSPS) is 13.9. The van der Waals surface area contributed by atoms with Gasteiger partial charge in [-0.05, 0) is 54.8 Å². The number of halogens is 1. The lowest BCUT2D eigenvalue weighted by atomic mass is 10.1. The lowest BCUT2D eigenvalue weighted by Crippen LogP contribution is -1.99. The molecule has 3 nitrogen and oxygen atoms in total. The Kier molecular flexibility index (Phi) is 5.36. The molecule has 4 heteroatoms. The molecule has 124 valence electrons. The van der Waals surface area contributed by atoms with Gasteiger partial charge in [0, 0.05) is 16.0 Å². The van der Waals surface area contributed by atoms with E-state index in [2.05, 4.69) is 15.9 Å². The van der Waals surface area contributed by atoms with Crippen molar-refractivity contribution in [3.63, 3.8) is 0 Å². The summed E-state index contributed by atoms with van der Waals surface area (Å²) in [5.41, 5.74) is 1.91. The van der Waals surface area contributed by atoms with Crippen LogP contribution in [-0.4, -0.2) is 12.9 Å². The van der Waals surface area contributed by atoms with E-state index in [0.29, 0.717) is 6.61 Å². The van der Waals surface area contributed by atoms with Crippen LogP contribution in [-0.2, 0) is 11.4 Å². The van der Waals surface area contributed by atoms with Crippen molar-refractivity contribution < 1.29 is 14.3 Å². The molecule has 0 radical (unpaired) electrons. The van der Waals surface area contributed by atoms with Crippen LogP contribution in [0.3, 0.4) is 0 Å². The molecular weight excluding hydrogens is 368 g/mol. The van der Waals surface area contributed by atoms with Crippen molar-refractivity contribution in [1.82, 2.24) is 0 Å². The van der Waals surface area contributed by atoms with Crippen molar-refractivity contribution in [2.75, 3.05) is 7.11 Å². The molecule has 1 saturated carbocycles. The van der Waals surface area contributed by atoms with Gasteiger partial charge in [-0.1, -0.05) is 34.1 Å². The smallest absolute Gasteiger partial charge is 0.158 e. The van der Waals surface area contributed by atoms with Gasteiger partial charge in [-0.15, -0.1) is 0 Å². The van der Waals surface area contributed by atoms with E-state index in [1.165, 1.54) is 0 Å². The van der Waals surface area contributed by atoms with E-state index in [1.54, 1.807) is 13.2 Å². The molecule has 0 N–H and O–H groups in total. The Labute approximate surface area is 150 Å². The van der Waals surface area contributed by atoms with Crippen molar-refractivity contribution in [1.29, 1.82) is 0 Å². The lowest BCUT2D eigenvalue weighted by molar-refractivity contribution is -0.115. The van der Waals surface area contributed by atoms with E-state index in [9.17, 15) is 4.79 Å². The Morgan fingerprint density at radius 3 is 2.79 bits per heavy atom. The summed E-state index contributed by atoms with van der Waals surface area (Å²) < 4.78 is 12.2. The van der Waals surface area contributed by atoms with Crippen molar-refractivity contribution in [3.05, 3.63) is 64.1 Å². The third kappa shape index (κ3) is 4.48. The van der Waals surface area contributed by atoms with E-state index in [1.807, 2.05) is 48.5 Å². The highest BCUT2D eigenvalue weighted by Crippen LogP contribution is 2.30. The zero-order chi connectivity index (χ0) is 16.9. The maximum absolute atomic E-state index is 11.8. The highest BCUT2D eigenvalue weighted by Gasteiger charge is 2.27. The van der Waals surface area contributed by atoms with E-state index in [-0.39, 0.29) is 11.7 Å². The van der Waals surface area contributed by atoms with Gasteiger partial charge in [-0.3, -0.25) is 4.79 Å². The highest BCUT2D eigenvalue weighted by atomic mass is 79.9. The monoisotopic (exact) mass is 386 g/mol. The van der Waals surface area contributed by atoms with Crippen molar-refractivity contribution in [2.24, 2.45) is 5.92 Å². The number of hydrogen-bond acceptors (Lipinski definition) is 3. The minimum atomic E-state index is 0.220. The van der Waals surface area contributed by atoms with Crippen LogP contribution in [0.1, 0.15) is 24.0 Å². The molecule has 0 spiro atoms. The lowest BCUT2D eigenvalue weighted by Gasteiger charge is -2.11. The highest BCUT2D eigenvalue weighted by molar-refractivity contribution is 9.10. The average Bonchev–Trinajstić information content (AvgIpc) is 3.43. The SMILES string of the molecule is COc1ccc(/C=C/C(=O)C2CC2)cc1COc1cccc(Br)c1. The van der Waals surface area contributed by atoms with Gasteiger partial charge in [0.25, 0.3) is 0 Å². The third-order valence-corrected chi connectivity index (χ3v) is 4.41. The average molecular weight is 387 g/mol. The fraction of sp³-hybridized carbons (Fsp3) is 0.250. The first-order valence-electron chi connectivity index (χ1n) is 7.93. The zero-order valence-electron chi connectivity index (χ0n) is 13.5. The zero-order valence-corrected chi connectivity index (χ0v) is 15.1. The predicted octanol–water partition coefficient (Wildman–Crippen LogP) is 5.03. The van der Waals surface area contributed by atoms with Crippen LogP contribution in [0.2, 0.25) is 0 Å². The molecule has 0 heterocycles. The second-order valence-corrected chi connectivity index (χ2v) is 6.74. The maximum Gasteiger partial charge on any atom is 0.158 e. The fourth-order valence-corrected chi connectivity index (χ4v) is 2.79. The number of carbonyl (C=O) groups is 1. The quantitative estimate of drug-likeness (QED) is 0.626. The van der Waals surface area contributed by atoms with Gasteiger partial charge in [0.15, 0.2) is 5.78 Å². The molecule has 2 aromatic rings. The van der Waals surface area contributed by atoms with Crippen LogP contribution in [0.4, 0.5) is 0 Å². The predicted molar refractivity (Wildman–Crippen MR) is 98.2 cm³/mol. The van der Waals surface area contributed by atoms with Crippen molar-refractivity contribution in [2.45, 2.75) is 19.4 Å². The summed E-state index contributed by atoms with van der Waals surface area (Å²) in [5.74, 6) is 2.03. The molecular formula is C20H19BrO3. The second-order valence-electron chi connectivity index (χ2n) is 5.83. The summed E-state index contributed by atoms with van der Waals surface area (Å²) in [4.78, 5) is 11.8. The van der Waals surface area contributed by atoms with Crippen molar-refractivity contribution in [3.8, 4) is 11.5 Å². The van der Waals surface area contributed by atoms with Gasteiger partial charge >= 0.3 is 0 Å². The summed E-state index contributed by atoms with van der Waals surface area (Å²) in [7, 11) is 1.64. The number of methoxy groups -OCH3 is 1. The molecule has 1 aliphatic rings. The van der Waals surface area contributed by atoms with Gasteiger partial charge in [-0.25, -0.2) is 0 Å². The van der Waals surface area contributed by atoms with Crippen LogP contribution in [0.5, 0.6) is 11.5 Å². The number of ether oxygens (including phenoxy) is 2. The van der Waals surface area contributed by atoms with E-state index in [0.717, 1.165) is 39.9 Å². The largest absolute Gasteiger partial charge is 0.496 e. The maximum atomic E-state index is 11.8. The first kappa shape index (κ1) is 16.8. The van der Waals surface area contributed by atoms with Crippen LogP contribution < -0.4 is 9.47 Å². The molecule has 0 saturated heterocycles. The molecule has 0 aromatic heterocycles. The molecule has 24 heavy (non-hydrogen) atoms. The Morgan fingerprint density at radius 2 is 2.08 bits per heavy atom. The summed E-state index contributed by atoms with van der Waals surface area (Å²) in [5, 5.41) is 0. The molecule has 2 aromatic carbocycles. The summed E-state index contributed by atoms with van der Waals surface area (Å²) >= 11 is 3.43. The second kappa shape index (κ2) is 7.67. The van der Waals surface area contributed by atoms with E-state index in [4.69, 9.17) is 9.47 Å². The van der Waals surface area contributed by atoms with Gasteiger partial charge in [0.05, 0.1) is 7.11 Å². The Morgan fingerprint density at radius 1 is 1.25 bits per heavy atom. The molecule has 0 atom stereocenters. The number of carbonyl (C=O) groups excluding carboxylic acids is 1. The number of hydrogen-bond donors (Lipinski definition) is 0. The Hall–Kier alpha value is -2.07. The molecule has 0 bridgehead atoms. The summed E-state index contributed by atoms with van der Waals surface area (Å²) in [6, 6.07) is 13.6. The number of allylic oxidation sites excluding steroid dienone is 1. The molecule has 0 amide bonds. The van der Waals surface area contributed by atoms with Gasteiger partial charge in [-0.2, -0.15) is 0 Å². The minimum Gasteiger partial charge on any atom is -0.496 e. The Balaban J connectivity index is 1.72. The minimum absolute atomic E-state index is 0.220. The van der Waals surface area contributed by atoms with Gasteiger partial charge in [0.1, 0.15) is 18.1 Å². The first-order chi connectivity index (χ1) is 11.7. The summed E-state index contributed by atoms with van der Waals surface area (Å²) in [6.07, 6.45) is 5.59. The standard InChI is InChI=1S/C20H19BrO3/c1-23-20-10-6-14(5-9-19(22)15-7-8-15)11-16(20)13-24-18-4-2-3-17(21)12-18/h2-6,9-12,15H,7-8,13H2,1H3/b9-5+.